The normalized spacial score (nSPS) is 20.7. The van der Waals surface area contributed by atoms with Gasteiger partial charge in [0.1, 0.15) is 0 Å². The van der Waals surface area contributed by atoms with Gasteiger partial charge in [-0.05, 0) is 57.1 Å². The molecule has 1 aliphatic heterocycles. The molecule has 0 saturated carbocycles. The molecule has 0 amide bonds. The van der Waals surface area contributed by atoms with Crippen LogP contribution in [0.5, 0.6) is 0 Å². The van der Waals surface area contributed by atoms with Gasteiger partial charge in [-0.15, -0.1) is 6.58 Å². The molecule has 0 aliphatic carbocycles. The summed E-state index contributed by atoms with van der Waals surface area (Å²) in [6, 6.07) is 0.653. The molecule has 0 aromatic heterocycles. The first-order chi connectivity index (χ1) is 6.72. The number of hydrogen-bond acceptors (Lipinski definition) is 2. The minimum absolute atomic E-state index is 0.653. The van der Waals surface area contributed by atoms with Crippen LogP contribution in [0.25, 0.3) is 0 Å². The summed E-state index contributed by atoms with van der Waals surface area (Å²) in [5.41, 5.74) is 1.30. The predicted molar refractivity (Wildman–Crippen MR) is 66.9 cm³/mol. The van der Waals surface area contributed by atoms with Crippen molar-refractivity contribution < 1.29 is 0 Å². The Morgan fingerprint density at radius 3 is 2.64 bits per heavy atom. The van der Waals surface area contributed by atoms with Crippen molar-refractivity contribution in [3.8, 4) is 0 Å². The zero-order chi connectivity index (χ0) is 10.4. The maximum absolute atomic E-state index is 3.99. The average molecular weight is 213 g/mol. The standard InChI is InChI=1S/C12H23NS/c1-10(2)8-12(13-3)9-11-4-6-14-7-5-11/h11-13H,1,4-9H2,2-3H3. The molecule has 1 fully saturated rings. The maximum Gasteiger partial charge on any atom is 0.0104 e. The Morgan fingerprint density at radius 2 is 2.14 bits per heavy atom. The first-order valence-corrected chi connectivity index (χ1v) is 6.77. The lowest BCUT2D eigenvalue weighted by atomic mass is 9.92. The first kappa shape index (κ1) is 12.1. The smallest absolute Gasteiger partial charge is 0.0104 e. The molecule has 1 rings (SSSR count). The van der Waals surface area contributed by atoms with Crippen LogP contribution < -0.4 is 5.32 Å². The van der Waals surface area contributed by atoms with E-state index >= 15 is 0 Å². The van der Waals surface area contributed by atoms with Crippen LogP contribution in [0.3, 0.4) is 0 Å². The molecule has 1 atom stereocenters. The van der Waals surface area contributed by atoms with Gasteiger partial charge in [-0.2, -0.15) is 11.8 Å². The second-order valence-electron chi connectivity index (χ2n) is 4.44. The van der Waals surface area contributed by atoms with Gasteiger partial charge in [-0.25, -0.2) is 0 Å². The summed E-state index contributed by atoms with van der Waals surface area (Å²) in [7, 11) is 2.07. The largest absolute Gasteiger partial charge is 0.317 e. The van der Waals surface area contributed by atoms with Crippen LogP contribution in [0, 0.1) is 5.92 Å². The fourth-order valence-corrected chi connectivity index (χ4v) is 3.31. The topological polar surface area (TPSA) is 12.0 Å². The lowest BCUT2D eigenvalue weighted by Crippen LogP contribution is -2.29. The highest BCUT2D eigenvalue weighted by atomic mass is 32.2. The fourth-order valence-electron chi connectivity index (χ4n) is 2.11. The van der Waals surface area contributed by atoms with Crippen molar-refractivity contribution in [2.45, 2.75) is 38.6 Å². The second kappa shape index (κ2) is 6.52. The summed E-state index contributed by atoms with van der Waals surface area (Å²) in [5, 5.41) is 3.41. The summed E-state index contributed by atoms with van der Waals surface area (Å²) in [6.45, 7) is 6.12. The Labute approximate surface area is 92.7 Å². The lowest BCUT2D eigenvalue weighted by molar-refractivity contribution is 0.376. The van der Waals surface area contributed by atoms with Gasteiger partial charge < -0.3 is 5.32 Å². The van der Waals surface area contributed by atoms with Crippen molar-refractivity contribution in [2.75, 3.05) is 18.6 Å². The Bertz CT molecular complexity index is 173. The summed E-state index contributed by atoms with van der Waals surface area (Å²) in [5.74, 6) is 3.69. The predicted octanol–water partition coefficient (Wildman–Crippen LogP) is 3.07. The summed E-state index contributed by atoms with van der Waals surface area (Å²) < 4.78 is 0. The molecule has 1 N–H and O–H groups in total. The highest BCUT2D eigenvalue weighted by molar-refractivity contribution is 7.99. The Hall–Kier alpha value is 0.0500. The Kier molecular flexibility index (Phi) is 5.64. The van der Waals surface area contributed by atoms with Crippen LogP contribution >= 0.6 is 11.8 Å². The van der Waals surface area contributed by atoms with E-state index in [0.29, 0.717) is 6.04 Å². The highest BCUT2D eigenvalue weighted by Gasteiger charge is 2.17. The van der Waals surface area contributed by atoms with E-state index in [1.165, 1.54) is 36.3 Å². The van der Waals surface area contributed by atoms with E-state index in [0.717, 1.165) is 12.3 Å². The third-order valence-electron chi connectivity index (χ3n) is 2.96. The molecular weight excluding hydrogens is 190 g/mol. The fraction of sp³-hybridized carbons (Fsp3) is 0.833. The van der Waals surface area contributed by atoms with Crippen LogP contribution in [0.4, 0.5) is 0 Å². The monoisotopic (exact) mass is 213 g/mol. The number of rotatable bonds is 5. The molecule has 1 nitrogen and oxygen atoms in total. The average Bonchev–Trinajstić information content (AvgIpc) is 2.17. The molecular formula is C12H23NS. The zero-order valence-corrected chi connectivity index (χ0v) is 10.3. The number of nitrogens with one attached hydrogen (secondary N) is 1. The van der Waals surface area contributed by atoms with Gasteiger partial charge in [0, 0.05) is 6.04 Å². The van der Waals surface area contributed by atoms with E-state index in [1.54, 1.807) is 0 Å². The van der Waals surface area contributed by atoms with Gasteiger partial charge in [0.2, 0.25) is 0 Å². The van der Waals surface area contributed by atoms with Gasteiger partial charge in [-0.3, -0.25) is 0 Å². The van der Waals surface area contributed by atoms with Crippen LogP contribution in [-0.2, 0) is 0 Å². The van der Waals surface area contributed by atoms with Crippen molar-refractivity contribution in [1.82, 2.24) is 5.32 Å². The molecule has 1 saturated heterocycles. The van der Waals surface area contributed by atoms with E-state index < -0.39 is 0 Å². The van der Waals surface area contributed by atoms with Gasteiger partial charge in [0.05, 0.1) is 0 Å². The van der Waals surface area contributed by atoms with E-state index in [2.05, 4.69) is 37.6 Å². The van der Waals surface area contributed by atoms with Crippen molar-refractivity contribution in [2.24, 2.45) is 5.92 Å². The highest BCUT2D eigenvalue weighted by Crippen LogP contribution is 2.27. The molecule has 0 bridgehead atoms. The lowest BCUT2D eigenvalue weighted by Gasteiger charge is -2.26. The summed E-state index contributed by atoms with van der Waals surface area (Å²) in [4.78, 5) is 0. The molecule has 14 heavy (non-hydrogen) atoms. The van der Waals surface area contributed by atoms with Crippen molar-refractivity contribution in [3.05, 3.63) is 12.2 Å². The molecule has 1 aliphatic rings. The Balaban J connectivity index is 2.27. The van der Waals surface area contributed by atoms with E-state index in [1.807, 2.05) is 0 Å². The van der Waals surface area contributed by atoms with Crippen molar-refractivity contribution in [1.29, 1.82) is 0 Å². The SMILES string of the molecule is C=C(C)CC(CC1CCSCC1)NC. The molecule has 82 valence electrons. The minimum atomic E-state index is 0.653. The van der Waals surface area contributed by atoms with Crippen LogP contribution in [0.15, 0.2) is 12.2 Å². The Morgan fingerprint density at radius 1 is 1.50 bits per heavy atom. The third-order valence-corrected chi connectivity index (χ3v) is 4.01. The quantitative estimate of drug-likeness (QED) is 0.704. The van der Waals surface area contributed by atoms with Gasteiger partial charge >= 0.3 is 0 Å². The van der Waals surface area contributed by atoms with Gasteiger partial charge in [0.15, 0.2) is 0 Å². The first-order valence-electron chi connectivity index (χ1n) is 5.61. The number of hydrogen-bond donors (Lipinski definition) is 1. The van der Waals surface area contributed by atoms with E-state index in [-0.39, 0.29) is 0 Å². The van der Waals surface area contributed by atoms with E-state index in [9.17, 15) is 0 Å². The van der Waals surface area contributed by atoms with E-state index in [4.69, 9.17) is 0 Å². The van der Waals surface area contributed by atoms with Crippen LogP contribution in [0.1, 0.15) is 32.6 Å². The molecule has 0 aromatic carbocycles. The van der Waals surface area contributed by atoms with Crippen molar-refractivity contribution in [3.63, 3.8) is 0 Å². The zero-order valence-electron chi connectivity index (χ0n) is 9.51. The number of thioether (sulfide) groups is 1. The van der Waals surface area contributed by atoms with Gasteiger partial charge in [-0.1, -0.05) is 5.57 Å². The summed E-state index contributed by atoms with van der Waals surface area (Å²) >= 11 is 2.11. The molecule has 1 unspecified atom stereocenters. The van der Waals surface area contributed by atoms with Gasteiger partial charge in [0.25, 0.3) is 0 Å². The van der Waals surface area contributed by atoms with Crippen molar-refractivity contribution >= 4 is 11.8 Å². The summed E-state index contributed by atoms with van der Waals surface area (Å²) in [6.07, 6.45) is 5.31. The molecule has 0 radical (unpaired) electrons. The van der Waals surface area contributed by atoms with Crippen LogP contribution in [0.2, 0.25) is 0 Å². The second-order valence-corrected chi connectivity index (χ2v) is 5.66. The molecule has 1 heterocycles. The molecule has 0 spiro atoms. The van der Waals surface area contributed by atoms with Crippen LogP contribution in [-0.4, -0.2) is 24.6 Å². The minimum Gasteiger partial charge on any atom is -0.317 e. The third kappa shape index (κ3) is 4.52. The molecule has 0 aromatic rings. The molecule has 2 heteroatoms. The maximum atomic E-state index is 3.99.